The molecule has 0 unspecified atom stereocenters. The first-order valence-electron chi connectivity index (χ1n) is 8.15. The molecule has 2 aromatic rings. The topological polar surface area (TPSA) is 61.9 Å². The van der Waals surface area contributed by atoms with Gasteiger partial charge in [0.25, 0.3) is 5.91 Å². The first kappa shape index (κ1) is 17.7. The number of aryl methyl sites for hydroxylation is 2. The van der Waals surface area contributed by atoms with E-state index < -0.39 is 0 Å². The van der Waals surface area contributed by atoms with E-state index in [1.165, 1.54) is 10.9 Å². The van der Waals surface area contributed by atoms with Crippen molar-refractivity contribution in [1.82, 2.24) is 14.7 Å². The number of hydrogen-bond acceptors (Lipinski definition) is 3. The fraction of sp³-hybridized carbons (Fsp3) is 0.421. The van der Waals surface area contributed by atoms with Crippen LogP contribution in [0.1, 0.15) is 54.0 Å². The van der Waals surface area contributed by atoms with Crippen LogP contribution in [0.3, 0.4) is 0 Å². The van der Waals surface area contributed by atoms with Crippen LogP contribution >= 0.6 is 0 Å². The summed E-state index contributed by atoms with van der Waals surface area (Å²) in [4.78, 5) is 15.0. The molecule has 0 aliphatic carbocycles. The summed E-state index contributed by atoms with van der Waals surface area (Å²) in [6, 6.07) is 10.1. The average molecular weight is 324 g/mol. The summed E-state index contributed by atoms with van der Waals surface area (Å²) in [6.45, 7) is 8.87. The maximum absolute atomic E-state index is 13.1. The van der Waals surface area contributed by atoms with E-state index in [0.29, 0.717) is 23.7 Å². The van der Waals surface area contributed by atoms with E-state index in [0.717, 1.165) is 11.1 Å². The molecule has 5 nitrogen and oxygen atoms in total. The highest BCUT2D eigenvalue weighted by molar-refractivity contribution is 5.96. The normalized spacial score (nSPS) is 12.0. The molecule has 24 heavy (non-hydrogen) atoms. The molecule has 0 fully saturated rings. The highest BCUT2D eigenvalue weighted by Gasteiger charge is 2.27. The van der Waals surface area contributed by atoms with Crippen LogP contribution in [0.2, 0.25) is 0 Å². The molecule has 1 aromatic carbocycles. The van der Waals surface area contributed by atoms with E-state index in [-0.39, 0.29) is 11.9 Å². The standard InChI is InChI=1S/C19H24N4O/c1-13(2)12-23(15(4)16-9-7-6-8-14(16)3)19(24)17-11-21-22(5)18(17)10-20/h6-9,11,13,15H,12H2,1-5H3/t15-/m1/s1. The van der Waals surface area contributed by atoms with E-state index >= 15 is 0 Å². The minimum atomic E-state index is -0.149. The Hall–Kier alpha value is -2.61. The lowest BCUT2D eigenvalue weighted by Gasteiger charge is -2.32. The molecule has 0 bridgehead atoms. The van der Waals surface area contributed by atoms with E-state index in [4.69, 9.17) is 0 Å². The predicted molar refractivity (Wildman–Crippen MR) is 93.4 cm³/mol. The van der Waals surface area contributed by atoms with Gasteiger partial charge in [0.15, 0.2) is 5.69 Å². The van der Waals surface area contributed by atoms with Crippen molar-refractivity contribution in [2.24, 2.45) is 13.0 Å². The molecule has 1 heterocycles. The minimum absolute atomic E-state index is 0.0761. The second-order valence-corrected chi connectivity index (χ2v) is 6.53. The van der Waals surface area contributed by atoms with Crippen molar-refractivity contribution in [3.05, 3.63) is 52.8 Å². The molecule has 1 amide bonds. The van der Waals surface area contributed by atoms with Gasteiger partial charge in [-0.1, -0.05) is 38.1 Å². The van der Waals surface area contributed by atoms with Gasteiger partial charge in [0.1, 0.15) is 6.07 Å². The number of aromatic nitrogens is 2. The van der Waals surface area contributed by atoms with Gasteiger partial charge in [0.05, 0.1) is 17.8 Å². The Balaban J connectivity index is 2.43. The van der Waals surface area contributed by atoms with Crippen LogP contribution in [0.25, 0.3) is 0 Å². The smallest absolute Gasteiger partial charge is 0.258 e. The molecule has 0 aliphatic rings. The molecule has 126 valence electrons. The summed E-state index contributed by atoms with van der Waals surface area (Å²) in [6.07, 6.45) is 1.48. The van der Waals surface area contributed by atoms with Gasteiger partial charge in [-0.25, -0.2) is 0 Å². The molecule has 5 heteroatoms. The fourth-order valence-electron chi connectivity index (χ4n) is 2.92. The number of rotatable bonds is 5. The molecule has 2 rings (SSSR count). The average Bonchev–Trinajstić information content (AvgIpc) is 2.92. The van der Waals surface area contributed by atoms with E-state index in [1.807, 2.05) is 24.0 Å². The monoisotopic (exact) mass is 324 g/mol. The third kappa shape index (κ3) is 3.48. The van der Waals surface area contributed by atoms with Gasteiger partial charge in [0, 0.05) is 13.6 Å². The van der Waals surface area contributed by atoms with E-state index in [9.17, 15) is 10.1 Å². The lowest BCUT2D eigenvalue weighted by atomic mass is 9.99. The number of nitrogens with zero attached hydrogens (tertiary/aromatic N) is 4. The molecule has 0 saturated heterocycles. The summed E-state index contributed by atoms with van der Waals surface area (Å²) >= 11 is 0. The second kappa shape index (κ2) is 7.31. The highest BCUT2D eigenvalue weighted by Crippen LogP contribution is 2.26. The van der Waals surface area contributed by atoms with Gasteiger partial charge in [-0.2, -0.15) is 10.4 Å². The van der Waals surface area contributed by atoms with Gasteiger partial charge in [-0.3, -0.25) is 9.48 Å². The Morgan fingerprint density at radius 1 is 1.33 bits per heavy atom. The maximum Gasteiger partial charge on any atom is 0.258 e. The number of carbonyl (C=O) groups is 1. The van der Waals surface area contributed by atoms with Gasteiger partial charge >= 0.3 is 0 Å². The van der Waals surface area contributed by atoms with Crippen LogP contribution in [-0.2, 0) is 7.05 Å². The molecule has 0 N–H and O–H groups in total. The minimum Gasteiger partial charge on any atom is -0.331 e. The Morgan fingerprint density at radius 2 is 2.00 bits per heavy atom. The lowest BCUT2D eigenvalue weighted by molar-refractivity contribution is 0.0664. The molecular formula is C19H24N4O. The molecule has 0 aliphatic heterocycles. The predicted octanol–water partition coefficient (Wildman–Crippen LogP) is 3.46. The third-order valence-corrected chi connectivity index (χ3v) is 4.20. The van der Waals surface area contributed by atoms with Gasteiger partial charge in [-0.15, -0.1) is 0 Å². The van der Waals surface area contributed by atoms with Crippen LogP contribution in [0.15, 0.2) is 30.5 Å². The summed E-state index contributed by atoms with van der Waals surface area (Å²) in [5, 5.41) is 13.4. The zero-order chi connectivity index (χ0) is 17.9. The number of carbonyl (C=O) groups excluding carboxylic acids is 1. The lowest BCUT2D eigenvalue weighted by Crippen LogP contribution is -2.37. The number of hydrogen-bond donors (Lipinski definition) is 0. The Labute approximate surface area is 143 Å². The van der Waals surface area contributed by atoms with Crippen molar-refractivity contribution >= 4 is 5.91 Å². The Bertz CT molecular complexity index is 770. The Morgan fingerprint density at radius 3 is 2.58 bits per heavy atom. The summed E-state index contributed by atoms with van der Waals surface area (Å²) in [7, 11) is 1.67. The van der Waals surface area contributed by atoms with E-state index in [1.54, 1.807) is 7.05 Å². The second-order valence-electron chi connectivity index (χ2n) is 6.53. The zero-order valence-corrected chi connectivity index (χ0v) is 14.9. The molecule has 1 aromatic heterocycles. The Kier molecular flexibility index (Phi) is 5.40. The number of nitriles is 1. The van der Waals surface area contributed by atoms with Crippen LogP contribution in [0, 0.1) is 24.2 Å². The van der Waals surface area contributed by atoms with Crippen LogP contribution < -0.4 is 0 Å². The van der Waals surface area contributed by atoms with Crippen molar-refractivity contribution in [3.8, 4) is 6.07 Å². The van der Waals surface area contributed by atoms with Gasteiger partial charge in [0.2, 0.25) is 0 Å². The number of amides is 1. The van der Waals surface area contributed by atoms with Crippen molar-refractivity contribution < 1.29 is 4.79 Å². The molecular weight excluding hydrogens is 300 g/mol. The summed E-state index contributed by atoms with van der Waals surface area (Å²) < 4.78 is 1.44. The molecule has 0 spiro atoms. The molecule has 1 atom stereocenters. The quantitative estimate of drug-likeness (QED) is 0.846. The van der Waals surface area contributed by atoms with Gasteiger partial charge in [-0.05, 0) is 30.9 Å². The zero-order valence-electron chi connectivity index (χ0n) is 14.9. The highest BCUT2D eigenvalue weighted by atomic mass is 16.2. The van der Waals surface area contributed by atoms with Crippen LogP contribution in [0.4, 0.5) is 0 Å². The summed E-state index contributed by atoms with van der Waals surface area (Å²) in [5.74, 6) is 0.173. The molecule has 0 saturated carbocycles. The summed E-state index contributed by atoms with van der Waals surface area (Å²) in [5.41, 5.74) is 2.93. The van der Waals surface area contributed by atoms with Crippen molar-refractivity contribution in [2.45, 2.75) is 33.7 Å². The van der Waals surface area contributed by atoms with E-state index in [2.05, 4.69) is 44.1 Å². The molecule has 0 radical (unpaired) electrons. The first-order valence-corrected chi connectivity index (χ1v) is 8.15. The SMILES string of the molecule is Cc1ccccc1[C@@H](C)N(CC(C)C)C(=O)c1cnn(C)c1C#N. The van der Waals surface area contributed by atoms with Crippen LogP contribution in [0.5, 0.6) is 0 Å². The van der Waals surface area contributed by atoms with Crippen molar-refractivity contribution in [1.29, 1.82) is 5.26 Å². The number of benzene rings is 1. The largest absolute Gasteiger partial charge is 0.331 e. The van der Waals surface area contributed by atoms with Crippen molar-refractivity contribution in [2.75, 3.05) is 6.54 Å². The maximum atomic E-state index is 13.1. The first-order chi connectivity index (χ1) is 11.4. The van der Waals surface area contributed by atoms with Crippen LogP contribution in [-0.4, -0.2) is 27.1 Å². The fourth-order valence-corrected chi connectivity index (χ4v) is 2.92. The third-order valence-electron chi connectivity index (χ3n) is 4.20. The van der Waals surface area contributed by atoms with Crippen molar-refractivity contribution in [3.63, 3.8) is 0 Å². The van der Waals surface area contributed by atoms with Gasteiger partial charge < -0.3 is 4.90 Å².